The molecule has 0 aromatic heterocycles. The fourth-order valence-corrected chi connectivity index (χ4v) is 2.37. The van der Waals surface area contributed by atoms with Crippen molar-refractivity contribution in [3.8, 4) is 0 Å². The molecule has 1 aromatic rings. The standard InChI is InChI=1S/C17H22F3NO/c18-17(19,20)12-7-5-3-1-2-4-6-9-15-10-8-11-16(13-15)21-14-22/h8,10-11,13H,1-7,9,12H2. The van der Waals surface area contributed by atoms with E-state index in [1.807, 2.05) is 18.2 Å². The number of isocyanates is 1. The lowest BCUT2D eigenvalue weighted by Crippen LogP contribution is -2.06. The Bertz CT molecular complexity index is 479. The molecule has 0 unspecified atom stereocenters. The Labute approximate surface area is 129 Å². The molecule has 0 atom stereocenters. The summed E-state index contributed by atoms with van der Waals surface area (Å²) in [7, 11) is 0. The van der Waals surface area contributed by atoms with Crippen molar-refractivity contribution in [1.29, 1.82) is 0 Å². The van der Waals surface area contributed by atoms with Gasteiger partial charge in [0.1, 0.15) is 0 Å². The molecule has 0 bridgehead atoms. The summed E-state index contributed by atoms with van der Waals surface area (Å²) in [4.78, 5) is 13.8. The number of benzene rings is 1. The Morgan fingerprint density at radius 2 is 1.59 bits per heavy atom. The van der Waals surface area contributed by atoms with Crippen LogP contribution >= 0.6 is 0 Å². The van der Waals surface area contributed by atoms with Gasteiger partial charge in [-0.2, -0.15) is 18.2 Å². The van der Waals surface area contributed by atoms with Crippen LogP contribution in [0.15, 0.2) is 29.3 Å². The van der Waals surface area contributed by atoms with Crippen LogP contribution in [0.25, 0.3) is 0 Å². The third kappa shape index (κ3) is 9.35. The lowest BCUT2D eigenvalue weighted by Gasteiger charge is -2.06. The number of unbranched alkanes of at least 4 members (excludes halogenated alkanes) is 6. The maximum absolute atomic E-state index is 11.9. The van der Waals surface area contributed by atoms with E-state index in [4.69, 9.17) is 0 Å². The first-order valence-electron chi connectivity index (χ1n) is 7.75. The van der Waals surface area contributed by atoms with Crippen molar-refractivity contribution in [2.45, 2.75) is 64.0 Å². The molecule has 0 saturated carbocycles. The maximum atomic E-state index is 11.9. The molecule has 1 aromatic carbocycles. The Hall–Kier alpha value is -1.61. The fraction of sp³-hybridized carbons (Fsp3) is 0.588. The molecule has 0 saturated heterocycles. The van der Waals surface area contributed by atoms with Gasteiger partial charge < -0.3 is 0 Å². The van der Waals surface area contributed by atoms with Crippen LogP contribution in [0.5, 0.6) is 0 Å². The average Bonchev–Trinajstić information content (AvgIpc) is 2.45. The SMILES string of the molecule is O=C=Nc1cccc(CCCCCCCCCC(F)(F)F)c1. The molecule has 5 heteroatoms. The van der Waals surface area contributed by atoms with Crippen LogP contribution < -0.4 is 0 Å². The van der Waals surface area contributed by atoms with E-state index in [-0.39, 0.29) is 6.42 Å². The molecular weight excluding hydrogens is 291 g/mol. The fourth-order valence-electron chi connectivity index (χ4n) is 2.37. The van der Waals surface area contributed by atoms with Crippen LogP contribution in [0.2, 0.25) is 0 Å². The number of alkyl halides is 3. The van der Waals surface area contributed by atoms with E-state index in [9.17, 15) is 18.0 Å². The van der Waals surface area contributed by atoms with Gasteiger partial charge in [-0.05, 0) is 37.0 Å². The molecule has 0 heterocycles. The predicted octanol–water partition coefficient (Wildman–Crippen LogP) is 5.88. The maximum Gasteiger partial charge on any atom is 0.389 e. The molecule has 122 valence electrons. The van der Waals surface area contributed by atoms with Gasteiger partial charge in [0.2, 0.25) is 6.08 Å². The van der Waals surface area contributed by atoms with Gasteiger partial charge in [-0.15, -0.1) is 0 Å². The number of aliphatic imine (C=N–C) groups is 1. The van der Waals surface area contributed by atoms with Gasteiger partial charge in [0.15, 0.2) is 0 Å². The van der Waals surface area contributed by atoms with Crippen molar-refractivity contribution in [3.05, 3.63) is 29.8 Å². The highest BCUT2D eigenvalue weighted by atomic mass is 19.4. The highest BCUT2D eigenvalue weighted by molar-refractivity contribution is 5.49. The van der Waals surface area contributed by atoms with E-state index in [0.717, 1.165) is 44.1 Å². The number of halogens is 3. The summed E-state index contributed by atoms with van der Waals surface area (Å²) in [6.45, 7) is 0. The Morgan fingerprint density at radius 3 is 2.23 bits per heavy atom. The summed E-state index contributed by atoms with van der Waals surface area (Å²) in [5.41, 5.74) is 1.76. The smallest absolute Gasteiger partial charge is 0.211 e. The normalized spacial score (nSPS) is 11.2. The molecule has 0 radical (unpaired) electrons. The summed E-state index contributed by atoms with van der Waals surface area (Å²) >= 11 is 0. The van der Waals surface area contributed by atoms with Crippen LogP contribution in [-0.2, 0) is 11.2 Å². The number of aryl methyl sites for hydroxylation is 1. The van der Waals surface area contributed by atoms with Crippen molar-refractivity contribution in [2.75, 3.05) is 0 Å². The second kappa shape index (κ2) is 10.2. The van der Waals surface area contributed by atoms with Crippen molar-refractivity contribution in [2.24, 2.45) is 4.99 Å². The minimum atomic E-state index is -4.01. The molecule has 22 heavy (non-hydrogen) atoms. The molecule has 0 N–H and O–H groups in total. The summed E-state index contributed by atoms with van der Waals surface area (Å²) in [5.74, 6) is 0. The molecule has 0 aliphatic carbocycles. The highest BCUT2D eigenvalue weighted by Gasteiger charge is 2.25. The lowest BCUT2D eigenvalue weighted by atomic mass is 10.0. The second-order valence-corrected chi connectivity index (χ2v) is 5.46. The molecular formula is C17H22F3NO. The number of carbonyl (C=O) groups excluding carboxylic acids is 1. The Morgan fingerprint density at radius 1 is 0.955 bits per heavy atom. The van der Waals surface area contributed by atoms with Crippen molar-refractivity contribution >= 4 is 11.8 Å². The quantitative estimate of drug-likeness (QED) is 0.301. The predicted molar refractivity (Wildman–Crippen MR) is 80.9 cm³/mol. The summed E-state index contributed by atoms with van der Waals surface area (Å²) < 4.78 is 35.8. The third-order valence-corrected chi connectivity index (χ3v) is 3.51. The highest BCUT2D eigenvalue weighted by Crippen LogP contribution is 2.23. The zero-order valence-electron chi connectivity index (χ0n) is 12.7. The van der Waals surface area contributed by atoms with Gasteiger partial charge in [0.25, 0.3) is 0 Å². The first kappa shape index (κ1) is 18.4. The second-order valence-electron chi connectivity index (χ2n) is 5.46. The van der Waals surface area contributed by atoms with Gasteiger partial charge in [-0.3, -0.25) is 0 Å². The molecule has 0 aliphatic heterocycles. The Balaban J connectivity index is 2.04. The van der Waals surface area contributed by atoms with Gasteiger partial charge in [0.05, 0.1) is 5.69 Å². The topological polar surface area (TPSA) is 29.4 Å². The van der Waals surface area contributed by atoms with Crippen molar-refractivity contribution < 1.29 is 18.0 Å². The van der Waals surface area contributed by atoms with Gasteiger partial charge in [0, 0.05) is 6.42 Å². The number of hydrogen-bond donors (Lipinski definition) is 0. The zero-order chi connectivity index (χ0) is 16.3. The number of rotatable bonds is 10. The minimum Gasteiger partial charge on any atom is -0.211 e. The van der Waals surface area contributed by atoms with E-state index in [2.05, 4.69) is 4.99 Å². The molecule has 0 spiro atoms. The van der Waals surface area contributed by atoms with Crippen LogP contribution in [-0.4, -0.2) is 12.3 Å². The summed E-state index contributed by atoms with van der Waals surface area (Å²) in [5, 5.41) is 0. The van der Waals surface area contributed by atoms with Crippen LogP contribution in [0.4, 0.5) is 18.9 Å². The largest absolute Gasteiger partial charge is 0.389 e. The molecule has 0 amide bonds. The van der Waals surface area contributed by atoms with E-state index in [1.54, 1.807) is 6.07 Å². The average molecular weight is 313 g/mol. The molecule has 1 rings (SSSR count). The molecule has 0 fully saturated rings. The van der Waals surface area contributed by atoms with E-state index >= 15 is 0 Å². The first-order chi connectivity index (χ1) is 10.5. The van der Waals surface area contributed by atoms with E-state index < -0.39 is 12.6 Å². The monoisotopic (exact) mass is 313 g/mol. The summed E-state index contributed by atoms with van der Waals surface area (Å²) in [6, 6.07) is 7.50. The number of hydrogen-bond acceptors (Lipinski definition) is 2. The number of nitrogens with zero attached hydrogens (tertiary/aromatic N) is 1. The first-order valence-corrected chi connectivity index (χ1v) is 7.75. The van der Waals surface area contributed by atoms with Crippen LogP contribution in [0.1, 0.15) is 56.9 Å². The molecule has 0 aliphatic rings. The van der Waals surface area contributed by atoms with Gasteiger partial charge >= 0.3 is 6.18 Å². The zero-order valence-corrected chi connectivity index (χ0v) is 12.7. The Kier molecular flexibility index (Phi) is 8.53. The molecule has 2 nitrogen and oxygen atoms in total. The van der Waals surface area contributed by atoms with Crippen LogP contribution in [0.3, 0.4) is 0 Å². The summed E-state index contributed by atoms with van der Waals surface area (Å²) in [6.07, 6.45) is 3.71. The van der Waals surface area contributed by atoms with E-state index in [0.29, 0.717) is 12.1 Å². The van der Waals surface area contributed by atoms with Crippen molar-refractivity contribution in [1.82, 2.24) is 0 Å². The minimum absolute atomic E-state index is 0.244. The van der Waals surface area contributed by atoms with Crippen LogP contribution in [0, 0.1) is 0 Å². The van der Waals surface area contributed by atoms with Crippen molar-refractivity contribution in [3.63, 3.8) is 0 Å². The van der Waals surface area contributed by atoms with Gasteiger partial charge in [-0.25, -0.2) is 4.79 Å². The third-order valence-electron chi connectivity index (χ3n) is 3.51. The lowest BCUT2D eigenvalue weighted by molar-refractivity contribution is -0.135. The van der Waals surface area contributed by atoms with Gasteiger partial charge in [-0.1, -0.05) is 44.2 Å². The van der Waals surface area contributed by atoms with E-state index in [1.165, 1.54) is 6.08 Å².